The molecule has 3 heterocycles. The Kier molecular flexibility index (Phi) is 3.85. The summed E-state index contributed by atoms with van der Waals surface area (Å²) in [6, 6.07) is 13.6. The van der Waals surface area contributed by atoms with Crippen LogP contribution in [0.3, 0.4) is 0 Å². The van der Waals surface area contributed by atoms with Crippen molar-refractivity contribution in [2.45, 2.75) is 6.92 Å². The van der Waals surface area contributed by atoms with Crippen LogP contribution in [0.15, 0.2) is 59.5 Å². The van der Waals surface area contributed by atoms with Gasteiger partial charge < -0.3 is 5.32 Å². The van der Waals surface area contributed by atoms with Gasteiger partial charge in [0.05, 0.1) is 10.3 Å². The zero-order valence-electron chi connectivity index (χ0n) is 13.7. The van der Waals surface area contributed by atoms with Gasteiger partial charge in [0.15, 0.2) is 5.78 Å². The molecule has 0 aliphatic rings. The van der Waals surface area contributed by atoms with Crippen molar-refractivity contribution >= 4 is 44.6 Å². The molecule has 4 aromatic rings. The van der Waals surface area contributed by atoms with E-state index in [1.807, 2.05) is 0 Å². The molecule has 0 fully saturated rings. The van der Waals surface area contributed by atoms with E-state index in [-0.39, 0.29) is 17.2 Å². The fourth-order valence-electron chi connectivity index (χ4n) is 2.67. The van der Waals surface area contributed by atoms with Gasteiger partial charge in [0.25, 0.3) is 11.5 Å². The maximum absolute atomic E-state index is 12.6. The number of hydrogen-bond donors (Lipinski definition) is 1. The minimum atomic E-state index is -0.345. The molecule has 1 aromatic carbocycles. The van der Waals surface area contributed by atoms with Crippen LogP contribution in [0.1, 0.15) is 27.0 Å². The van der Waals surface area contributed by atoms with Gasteiger partial charge in [-0.15, -0.1) is 11.3 Å². The number of Topliss-reactive ketones (excluding diaryl/α,β-unsaturated/α-hetero) is 1. The van der Waals surface area contributed by atoms with Crippen molar-refractivity contribution < 1.29 is 9.59 Å². The van der Waals surface area contributed by atoms with Gasteiger partial charge in [-0.1, -0.05) is 18.2 Å². The number of benzene rings is 1. The van der Waals surface area contributed by atoms with E-state index in [1.165, 1.54) is 11.3 Å². The summed E-state index contributed by atoms with van der Waals surface area (Å²) >= 11 is 1.16. The highest BCUT2D eigenvalue weighted by Crippen LogP contribution is 2.23. The first-order valence-corrected chi connectivity index (χ1v) is 8.68. The largest absolute Gasteiger partial charge is 0.321 e. The van der Waals surface area contributed by atoms with Crippen molar-refractivity contribution in [3.8, 4) is 0 Å². The molecule has 128 valence electrons. The normalized spacial score (nSPS) is 11.0. The van der Waals surface area contributed by atoms with E-state index in [2.05, 4.69) is 10.3 Å². The van der Waals surface area contributed by atoms with Crippen molar-refractivity contribution in [1.29, 1.82) is 0 Å². The van der Waals surface area contributed by atoms with Gasteiger partial charge in [0.1, 0.15) is 10.5 Å². The van der Waals surface area contributed by atoms with Gasteiger partial charge >= 0.3 is 0 Å². The lowest BCUT2D eigenvalue weighted by molar-refractivity contribution is 0.101. The van der Waals surface area contributed by atoms with Crippen molar-refractivity contribution in [3.05, 3.63) is 75.5 Å². The Balaban J connectivity index is 1.72. The van der Waals surface area contributed by atoms with Crippen molar-refractivity contribution in [1.82, 2.24) is 9.38 Å². The molecular formula is C19H13N3O3S. The van der Waals surface area contributed by atoms with Crippen LogP contribution in [0.25, 0.3) is 15.9 Å². The minimum Gasteiger partial charge on any atom is -0.321 e. The maximum Gasteiger partial charge on any atom is 0.266 e. The fraction of sp³-hybridized carbons (Fsp3) is 0.0526. The molecule has 0 saturated heterocycles. The van der Waals surface area contributed by atoms with Gasteiger partial charge in [-0.25, -0.2) is 4.98 Å². The number of anilines is 1. The highest BCUT2D eigenvalue weighted by molar-refractivity contribution is 7.20. The first kappa shape index (κ1) is 16.2. The van der Waals surface area contributed by atoms with E-state index in [0.29, 0.717) is 32.0 Å². The second kappa shape index (κ2) is 6.20. The summed E-state index contributed by atoms with van der Waals surface area (Å²) in [6.45, 7) is 1.47. The van der Waals surface area contributed by atoms with E-state index >= 15 is 0 Å². The Morgan fingerprint density at radius 1 is 1.12 bits per heavy atom. The summed E-state index contributed by atoms with van der Waals surface area (Å²) in [7, 11) is 0. The number of rotatable bonds is 3. The first-order valence-electron chi connectivity index (χ1n) is 7.86. The number of amides is 1. The van der Waals surface area contributed by atoms with E-state index in [1.54, 1.807) is 54.7 Å². The Labute approximate surface area is 151 Å². The lowest BCUT2D eigenvalue weighted by Gasteiger charge is -2.04. The molecule has 0 saturated carbocycles. The summed E-state index contributed by atoms with van der Waals surface area (Å²) in [5, 5.41) is 3.16. The lowest BCUT2D eigenvalue weighted by Crippen LogP contribution is -2.13. The Morgan fingerprint density at radius 3 is 2.77 bits per heavy atom. The Bertz CT molecular complexity index is 1240. The summed E-state index contributed by atoms with van der Waals surface area (Å²) in [5.41, 5.74) is 1.37. The standard InChI is InChI=1S/C19H13N3O3S/c1-11(23)12-5-4-6-13(9-12)20-17(24)15-10-14-18(26-15)21-16-7-2-3-8-22(16)19(14)25/h2-10H,1H3,(H,20,24). The lowest BCUT2D eigenvalue weighted by atomic mass is 10.1. The molecule has 7 heteroatoms. The minimum absolute atomic E-state index is 0.0770. The van der Waals surface area contributed by atoms with E-state index in [4.69, 9.17) is 0 Å². The van der Waals surface area contributed by atoms with E-state index < -0.39 is 0 Å². The first-order chi connectivity index (χ1) is 12.5. The number of pyridine rings is 1. The van der Waals surface area contributed by atoms with Crippen LogP contribution in [0, 0.1) is 0 Å². The summed E-state index contributed by atoms with van der Waals surface area (Å²) in [4.78, 5) is 41.9. The molecule has 0 aliphatic carbocycles. The highest BCUT2D eigenvalue weighted by atomic mass is 32.1. The van der Waals surface area contributed by atoms with Crippen LogP contribution in [-0.2, 0) is 0 Å². The maximum atomic E-state index is 12.6. The number of nitrogens with one attached hydrogen (secondary N) is 1. The van der Waals surface area contributed by atoms with Gasteiger partial charge in [0, 0.05) is 17.4 Å². The predicted octanol–water partition coefficient (Wildman–Crippen LogP) is 3.36. The monoisotopic (exact) mass is 363 g/mol. The van der Waals surface area contributed by atoms with Gasteiger partial charge in [-0.2, -0.15) is 0 Å². The molecule has 0 atom stereocenters. The Morgan fingerprint density at radius 2 is 1.96 bits per heavy atom. The predicted molar refractivity (Wildman–Crippen MR) is 101 cm³/mol. The Hall–Kier alpha value is -3.32. The van der Waals surface area contributed by atoms with Crippen LogP contribution in [0.4, 0.5) is 5.69 Å². The second-order valence-electron chi connectivity index (χ2n) is 5.77. The molecule has 0 spiro atoms. The smallest absolute Gasteiger partial charge is 0.266 e. The van der Waals surface area contributed by atoms with Gasteiger partial charge in [-0.3, -0.25) is 18.8 Å². The van der Waals surface area contributed by atoms with Crippen molar-refractivity contribution in [2.75, 3.05) is 5.32 Å². The molecule has 6 nitrogen and oxygen atoms in total. The summed E-state index contributed by atoms with van der Waals surface area (Å²) < 4.78 is 1.45. The number of thiophene rings is 1. The molecule has 1 amide bonds. The number of carbonyl (C=O) groups is 2. The zero-order valence-corrected chi connectivity index (χ0v) is 14.5. The summed E-state index contributed by atoms with van der Waals surface area (Å²) in [6.07, 6.45) is 1.65. The van der Waals surface area contributed by atoms with Crippen molar-refractivity contribution in [2.24, 2.45) is 0 Å². The molecule has 3 aromatic heterocycles. The van der Waals surface area contributed by atoms with Crippen LogP contribution >= 0.6 is 11.3 Å². The third kappa shape index (κ3) is 2.78. The van der Waals surface area contributed by atoms with Crippen LogP contribution in [0.2, 0.25) is 0 Å². The molecule has 0 radical (unpaired) electrons. The van der Waals surface area contributed by atoms with Gasteiger partial charge in [0.2, 0.25) is 0 Å². The molecule has 1 N–H and O–H groups in total. The van der Waals surface area contributed by atoms with E-state index in [9.17, 15) is 14.4 Å². The number of ketones is 1. The SMILES string of the molecule is CC(=O)c1cccc(NC(=O)c2cc3c(=O)n4ccccc4nc3s2)c1. The molecule has 0 bridgehead atoms. The average Bonchev–Trinajstić information content (AvgIpc) is 3.07. The summed E-state index contributed by atoms with van der Waals surface area (Å²) in [5.74, 6) is -0.422. The molecule has 0 aliphatic heterocycles. The third-order valence-electron chi connectivity index (χ3n) is 3.97. The van der Waals surface area contributed by atoms with Crippen LogP contribution in [-0.4, -0.2) is 21.1 Å². The molecule has 26 heavy (non-hydrogen) atoms. The zero-order chi connectivity index (χ0) is 18.3. The van der Waals surface area contributed by atoms with E-state index in [0.717, 1.165) is 11.3 Å². The number of fused-ring (bicyclic) bond motifs is 2. The van der Waals surface area contributed by atoms with Crippen LogP contribution < -0.4 is 10.9 Å². The topological polar surface area (TPSA) is 80.5 Å². The second-order valence-corrected chi connectivity index (χ2v) is 6.80. The molecule has 0 unspecified atom stereocenters. The van der Waals surface area contributed by atoms with Gasteiger partial charge in [-0.05, 0) is 37.3 Å². The number of nitrogens with zero attached hydrogens (tertiary/aromatic N) is 2. The quantitative estimate of drug-likeness (QED) is 0.566. The number of aromatic nitrogens is 2. The number of hydrogen-bond acceptors (Lipinski definition) is 5. The average molecular weight is 363 g/mol. The fourth-order valence-corrected chi connectivity index (χ4v) is 3.59. The molecular weight excluding hydrogens is 350 g/mol. The third-order valence-corrected chi connectivity index (χ3v) is 4.99. The van der Waals surface area contributed by atoms with Crippen molar-refractivity contribution in [3.63, 3.8) is 0 Å². The van der Waals surface area contributed by atoms with Crippen LogP contribution in [0.5, 0.6) is 0 Å². The number of carbonyl (C=O) groups excluding carboxylic acids is 2. The highest BCUT2D eigenvalue weighted by Gasteiger charge is 2.15. The molecule has 4 rings (SSSR count).